The van der Waals surface area contributed by atoms with Gasteiger partial charge in [-0.3, -0.25) is 19.6 Å². The van der Waals surface area contributed by atoms with Gasteiger partial charge in [0.2, 0.25) is 0 Å². The molecule has 1 aromatic heterocycles. The van der Waals surface area contributed by atoms with Crippen molar-refractivity contribution in [3.63, 3.8) is 0 Å². The Morgan fingerprint density at radius 3 is 2.54 bits per heavy atom. The maximum Gasteiger partial charge on any atom is 0.417 e. The number of nitrogens with one attached hydrogen (secondary N) is 2. The van der Waals surface area contributed by atoms with E-state index in [0.717, 1.165) is 30.8 Å². The van der Waals surface area contributed by atoms with Gasteiger partial charge in [0.25, 0.3) is 5.91 Å². The molecule has 0 saturated carbocycles. The van der Waals surface area contributed by atoms with Crippen molar-refractivity contribution in [3.05, 3.63) is 105 Å². The van der Waals surface area contributed by atoms with E-state index in [2.05, 4.69) is 20.4 Å². The van der Waals surface area contributed by atoms with Gasteiger partial charge in [0, 0.05) is 47.5 Å². The van der Waals surface area contributed by atoms with E-state index in [4.69, 9.17) is 27.9 Å². The molecule has 0 atom stereocenters. The molecule has 4 aromatic rings. The highest BCUT2D eigenvalue weighted by atomic mass is 35.5. The van der Waals surface area contributed by atoms with Crippen LogP contribution in [0.5, 0.6) is 0 Å². The number of carbonyl (C=O) groups is 2. The molecule has 12 heteroatoms. The predicted molar refractivity (Wildman–Crippen MR) is 149 cm³/mol. The number of hydrogen-bond donors (Lipinski definition) is 2. The highest BCUT2D eigenvalue weighted by Crippen LogP contribution is 2.38. The third-order valence-corrected chi connectivity index (χ3v) is 7.17. The standard InChI is InChI=1S/C29H23Cl2F3N4O3/c30-20-5-7-25(36-28(40)19-3-1-2-17(12-19)16-38-8-10-41-11-9-38)21(14-20)27(39)22-15-35-37-26(22)18-4-6-24(31)23(13-18)29(32,33)34/h1-7,12-15H,8-11,16H2,(H,35,37)(H,36,40). The highest BCUT2D eigenvalue weighted by Gasteiger charge is 2.34. The fraction of sp³-hybridized carbons (Fsp3) is 0.207. The number of ketones is 1. The molecule has 1 saturated heterocycles. The molecule has 2 heterocycles. The quantitative estimate of drug-likeness (QED) is 0.229. The third-order valence-electron chi connectivity index (χ3n) is 6.60. The fourth-order valence-electron chi connectivity index (χ4n) is 4.55. The Morgan fingerprint density at radius 2 is 1.78 bits per heavy atom. The molecular formula is C29H23Cl2F3N4O3. The number of anilines is 1. The number of morpholine rings is 1. The van der Waals surface area contributed by atoms with Crippen LogP contribution in [0.2, 0.25) is 10.0 Å². The average Bonchev–Trinajstić information content (AvgIpc) is 3.44. The number of benzene rings is 3. The van der Waals surface area contributed by atoms with Crippen LogP contribution in [0.3, 0.4) is 0 Å². The molecule has 1 aliphatic rings. The molecule has 41 heavy (non-hydrogen) atoms. The van der Waals surface area contributed by atoms with E-state index in [-0.39, 0.29) is 33.1 Å². The zero-order valence-electron chi connectivity index (χ0n) is 21.4. The van der Waals surface area contributed by atoms with Gasteiger partial charge >= 0.3 is 6.18 Å². The minimum absolute atomic E-state index is 0.00859. The van der Waals surface area contributed by atoms with Crippen molar-refractivity contribution in [1.29, 1.82) is 0 Å². The van der Waals surface area contributed by atoms with Crippen LogP contribution in [-0.4, -0.2) is 53.1 Å². The van der Waals surface area contributed by atoms with Crippen molar-refractivity contribution >= 4 is 40.6 Å². The summed E-state index contributed by atoms with van der Waals surface area (Å²) < 4.78 is 45.7. The van der Waals surface area contributed by atoms with Crippen molar-refractivity contribution in [2.75, 3.05) is 31.6 Å². The van der Waals surface area contributed by atoms with Gasteiger partial charge in [-0.2, -0.15) is 18.3 Å². The first kappa shape index (κ1) is 28.8. The van der Waals surface area contributed by atoms with Gasteiger partial charge < -0.3 is 10.1 Å². The molecule has 0 spiro atoms. The Morgan fingerprint density at radius 1 is 1.00 bits per heavy atom. The molecule has 212 valence electrons. The largest absolute Gasteiger partial charge is 0.417 e. The summed E-state index contributed by atoms with van der Waals surface area (Å²) in [7, 11) is 0. The minimum atomic E-state index is -4.70. The van der Waals surface area contributed by atoms with Crippen molar-refractivity contribution < 1.29 is 27.5 Å². The normalized spacial score (nSPS) is 14.2. The minimum Gasteiger partial charge on any atom is -0.379 e. The number of aromatic amines is 1. The maximum absolute atomic E-state index is 13.7. The number of carbonyl (C=O) groups excluding carboxylic acids is 2. The van der Waals surface area contributed by atoms with Crippen LogP contribution in [0.4, 0.5) is 18.9 Å². The number of ether oxygens (including phenoxy) is 1. The first-order chi connectivity index (χ1) is 19.6. The molecule has 1 amide bonds. The number of nitrogens with zero attached hydrogens (tertiary/aromatic N) is 2. The van der Waals surface area contributed by atoms with Crippen molar-refractivity contribution in [2.45, 2.75) is 12.7 Å². The molecule has 7 nitrogen and oxygen atoms in total. The van der Waals surface area contributed by atoms with Crippen LogP contribution >= 0.6 is 23.2 Å². The lowest BCUT2D eigenvalue weighted by molar-refractivity contribution is -0.137. The van der Waals surface area contributed by atoms with Crippen LogP contribution in [0.15, 0.2) is 66.9 Å². The number of aromatic nitrogens is 2. The Balaban J connectivity index is 1.42. The summed E-state index contributed by atoms with van der Waals surface area (Å²) >= 11 is 12.0. The van der Waals surface area contributed by atoms with E-state index in [1.807, 2.05) is 6.07 Å². The molecule has 1 fully saturated rings. The lowest BCUT2D eigenvalue weighted by atomic mass is 9.98. The average molecular weight is 603 g/mol. The number of hydrogen-bond acceptors (Lipinski definition) is 5. The van der Waals surface area contributed by atoms with Gasteiger partial charge in [0.1, 0.15) is 5.69 Å². The second-order valence-corrected chi connectivity index (χ2v) is 10.2. The first-order valence-corrected chi connectivity index (χ1v) is 13.3. The second kappa shape index (κ2) is 12.0. The van der Waals surface area contributed by atoms with E-state index in [9.17, 15) is 22.8 Å². The van der Waals surface area contributed by atoms with Crippen molar-refractivity contribution in [3.8, 4) is 11.3 Å². The summed E-state index contributed by atoms with van der Waals surface area (Å²) in [6, 6.07) is 14.9. The van der Waals surface area contributed by atoms with Crippen LogP contribution in [-0.2, 0) is 17.5 Å². The summed E-state index contributed by atoms with van der Waals surface area (Å²) in [5.74, 6) is -1.04. The lowest BCUT2D eigenvalue weighted by Gasteiger charge is -2.26. The zero-order valence-corrected chi connectivity index (χ0v) is 22.9. The van der Waals surface area contributed by atoms with Gasteiger partial charge in [0.05, 0.1) is 35.1 Å². The summed E-state index contributed by atoms with van der Waals surface area (Å²) in [5, 5.41) is 9.09. The summed E-state index contributed by atoms with van der Waals surface area (Å²) in [6.07, 6.45) is -3.42. The first-order valence-electron chi connectivity index (χ1n) is 12.6. The number of alkyl halides is 3. The smallest absolute Gasteiger partial charge is 0.379 e. The van der Waals surface area contributed by atoms with Gasteiger partial charge in [-0.05, 0) is 48.0 Å². The Hall–Kier alpha value is -3.70. The second-order valence-electron chi connectivity index (χ2n) is 9.40. The molecule has 3 aromatic carbocycles. The monoisotopic (exact) mass is 602 g/mol. The van der Waals surface area contributed by atoms with Gasteiger partial charge in [-0.1, -0.05) is 41.4 Å². The van der Waals surface area contributed by atoms with Crippen LogP contribution < -0.4 is 5.32 Å². The molecule has 2 N–H and O–H groups in total. The van der Waals surface area contributed by atoms with Crippen LogP contribution in [0.1, 0.15) is 37.4 Å². The Kier molecular flexibility index (Phi) is 8.46. The summed E-state index contributed by atoms with van der Waals surface area (Å²) in [5.41, 5.74) is 0.548. The lowest BCUT2D eigenvalue weighted by Crippen LogP contribution is -2.35. The molecular weight excluding hydrogens is 580 g/mol. The van der Waals surface area contributed by atoms with Crippen molar-refractivity contribution in [1.82, 2.24) is 15.1 Å². The van der Waals surface area contributed by atoms with Crippen LogP contribution in [0.25, 0.3) is 11.3 Å². The van der Waals surface area contributed by atoms with Crippen molar-refractivity contribution in [2.24, 2.45) is 0 Å². The van der Waals surface area contributed by atoms with Gasteiger partial charge in [-0.25, -0.2) is 0 Å². The molecule has 0 bridgehead atoms. The van der Waals surface area contributed by atoms with E-state index in [1.165, 1.54) is 30.5 Å². The fourth-order valence-corrected chi connectivity index (χ4v) is 4.95. The third kappa shape index (κ3) is 6.62. The topological polar surface area (TPSA) is 87.3 Å². The number of H-pyrrole nitrogens is 1. The summed E-state index contributed by atoms with van der Waals surface area (Å²) in [4.78, 5) is 29.1. The molecule has 0 unspecified atom stereocenters. The number of halogens is 5. The van der Waals surface area contributed by atoms with E-state index in [1.54, 1.807) is 18.2 Å². The molecule has 1 aliphatic heterocycles. The molecule has 0 radical (unpaired) electrons. The van der Waals surface area contributed by atoms with E-state index >= 15 is 0 Å². The maximum atomic E-state index is 13.7. The number of rotatable bonds is 7. The highest BCUT2D eigenvalue weighted by molar-refractivity contribution is 6.32. The molecule has 5 rings (SSSR count). The Labute approximate surface area is 243 Å². The SMILES string of the molecule is O=C(Nc1ccc(Cl)cc1C(=O)c1c[nH]nc1-c1ccc(Cl)c(C(F)(F)F)c1)c1cccc(CN2CCOCC2)c1. The Bertz CT molecular complexity index is 1600. The van der Waals surface area contributed by atoms with E-state index < -0.39 is 28.5 Å². The van der Waals surface area contributed by atoms with Crippen LogP contribution in [0, 0.1) is 0 Å². The van der Waals surface area contributed by atoms with E-state index in [0.29, 0.717) is 25.3 Å². The predicted octanol–water partition coefficient (Wildman–Crippen LogP) is 6.72. The number of amides is 1. The zero-order chi connectivity index (χ0) is 29.1. The summed E-state index contributed by atoms with van der Waals surface area (Å²) in [6.45, 7) is 3.59. The molecule has 0 aliphatic carbocycles. The van der Waals surface area contributed by atoms with Gasteiger partial charge in [0.15, 0.2) is 5.78 Å². The van der Waals surface area contributed by atoms with Gasteiger partial charge in [-0.15, -0.1) is 0 Å².